The molecule has 2 fully saturated rings. The molecule has 4 heteroatoms. The van der Waals surface area contributed by atoms with Crippen molar-refractivity contribution in [1.29, 1.82) is 0 Å². The maximum Gasteiger partial charge on any atom is 0.231 e. The van der Waals surface area contributed by atoms with Gasteiger partial charge in [0.25, 0.3) is 0 Å². The summed E-state index contributed by atoms with van der Waals surface area (Å²) in [5.74, 6) is -0.476. The number of nitrogens with zero attached hydrogens (tertiary/aromatic N) is 1. The number of hydrogen-bond donors (Lipinski definition) is 1. The molecular weight excluding hydrogens is 326 g/mol. The minimum atomic E-state index is -1.27. The molecule has 2 aromatic carbocycles. The third-order valence-corrected chi connectivity index (χ3v) is 6.21. The van der Waals surface area contributed by atoms with E-state index in [0.717, 1.165) is 16.3 Å². The molecule has 2 heterocycles. The van der Waals surface area contributed by atoms with Gasteiger partial charge in [0.05, 0.1) is 18.6 Å². The third kappa shape index (κ3) is 2.12. The number of hydrogen-bond acceptors (Lipinski definition) is 3. The number of aliphatic hydroxyl groups is 1. The first-order valence-corrected chi connectivity index (χ1v) is 9.38. The van der Waals surface area contributed by atoms with Crippen molar-refractivity contribution < 1.29 is 14.6 Å². The Labute approximate surface area is 154 Å². The minimum Gasteiger partial charge on any atom is -0.382 e. The van der Waals surface area contributed by atoms with Crippen LogP contribution in [0, 0.1) is 18.8 Å². The smallest absolute Gasteiger partial charge is 0.231 e. The van der Waals surface area contributed by atoms with Crippen LogP contribution in [0.5, 0.6) is 0 Å². The Kier molecular flexibility index (Phi) is 3.73. The van der Waals surface area contributed by atoms with E-state index in [1.54, 1.807) is 4.90 Å². The lowest BCUT2D eigenvalue weighted by Crippen LogP contribution is -2.47. The molecule has 1 N–H and O–H groups in total. The van der Waals surface area contributed by atoms with E-state index in [2.05, 4.69) is 13.0 Å². The molecule has 0 spiro atoms. The SMILES string of the molecule is Cc1ccc([C@@]2(O)C3COC(C)(C)N3C(=O)[C@@H]2C(C)C)c2ccccc12. The molecule has 0 aliphatic carbocycles. The summed E-state index contributed by atoms with van der Waals surface area (Å²) in [6, 6.07) is 11.8. The number of benzene rings is 2. The Morgan fingerprint density at radius 3 is 2.46 bits per heavy atom. The largest absolute Gasteiger partial charge is 0.382 e. The maximum atomic E-state index is 13.3. The number of amides is 1. The van der Waals surface area contributed by atoms with Crippen LogP contribution >= 0.6 is 0 Å². The van der Waals surface area contributed by atoms with Crippen molar-refractivity contribution in [2.24, 2.45) is 11.8 Å². The predicted molar refractivity (Wildman–Crippen MR) is 102 cm³/mol. The Bertz CT molecular complexity index is 888. The molecule has 2 aliphatic rings. The van der Waals surface area contributed by atoms with E-state index < -0.39 is 17.2 Å². The molecule has 0 saturated carbocycles. The van der Waals surface area contributed by atoms with E-state index in [4.69, 9.17) is 4.74 Å². The monoisotopic (exact) mass is 353 g/mol. The quantitative estimate of drug-likeness (QED) is 0.898. The zero-order valence-corrected chi connectivity index (χ0v) is 16.1. The van der Waals surface area contributed by atoms with Crippen LogP contribution in [0.25, 0.3) is 10.8 Å². The Balaban J connectivity index is 2.00. The molecule has 26 heavy (non-hydrogen) atoms. The van der Waals surface area contributed by atoms with Crippen molar-refractivity contribution in [2.75, 3.05) is 6.61 Å². The zero-order chi connectivity index (χ0) is 18.9. The number of aryl methyl sites for hydroxylation is 1. The third-order valence-electron chi connectivity index (χ3n) is 6.21. The molecule has 2 aromatic rings. The summed E-state index contributed by atoms with van der Waals surface area (Å²) in [6.45, 7) is 10.3. The summed E-state index contributed by atoms with van der Waals surface area (Å²) in [7, 11) is 0. The number of carbonyl (C=O) groups is 1. The molecule has 2 aliphatic heterocycles. The molecule has 0 aromatic heterocycles. The van der Waals surface area contributed by atoms with Crippen LogP contribution in [0.15, 0.2) is 36.4 Å². The van der Waals surface area contributed by atoms with E-state index in [1.807, 2.05) is 58.0 Å². The van der Waals surface area contributed by atoms with Crippen LogP contribution in [-0.2, 0) is 15.1 Å². The van der Waals surface area contributed by atoms with E-state index in [9.17, 15) is 9.90 Å². The topological polar surface area (TPSA) is 49.8 Å². The second kappa shape index (κ2) is 5.54. The highest BCUT2D eigenvalue weighted by atomic mass is 16.5. The van der Waals surface area contributed by atoms with Gasteiger partial charge in [-0.1, -0.05) is 50.2 Å². The van der Waals surface area contributed by atoms with Gasteiger partial charge in [-0.2, -0.15) is 0 Å². The van der Waals surface area contributed by atoms with Gasteiger partial charge >= 0.3 is 0 Å². The van der Waals surface area contributed by atoms with E-state index >= 15 is 0 Å². The van der Waals surface area contributed by atoms with E-state index in [-0.39, 0.29) is 17.9 Å². The lowest BCUT2D eigenvalue weighted by Gasteiger charge is -2.35. The fourth-order valence-electron chi connectivity index (χ4n) is 5.03. The Morgan fingerprint density at radius 2 is 1.81 bits per heavy atom. The predicted octanol–water partition coefficient (Wildman–Crippen LogP) is 3.59. The minimum absolute atomic E-state index is 0.0142. The molecule has 4 rings (SSSR count). The molecule has 1 unspecified atom stereocenters. The van der Waals surface area contributed by atoms with Crippen molar-refractivity contribution >= 4 is 16.7 Å². The molecule has 1 amide bonds. The number of ether oxygens (including phenoxy) is 1. The molecular formula is C22H27NO3. The van der Waals surface area contributed by atoms with Gasteiger partial charge in [-0.15, -0.1) is 0 Å². The lowest BCUT2D eigenvalue weighted by atomic mass is 9.72. The second-order valence-corrected chi connectivity index (χ2v) is 8.50. The molecule has 2 saturated heterocycles. The normalized spacial score (nSPS) is 30.4. The second-order valence-electron chi connectivity index (χ2n) is 8.50. The Morgan fingerprint density at radius 1 is 1.15 bits per heavy atom. The summed E-state index contributed by atoms with van der Waals surface area (Å²) in [5.41, 5.74) is 0.0319. The first-order chi connectivity index (χ1) is 12.2. The average Bonchev–Trinajstić information content (AvgIpc) is 3.02. The van der Waals surface area contributed by atoms with Crippen molar-refractivity contribution in [1.82, 2.24) is 4.90 Å². The number of carbonyl (C=O) groups excluding carboxylic acids is 1. The molecule has 4 nitrogen and oxygen atoms in total. The standard InChI is InChI=1S/C22H27NO3/c1-13(2)19-20(24)23-18(12-26-21(23,4)5)22(19,25)17-11-10-14(3)15-8-6-7-9-16(15)17/h6-11,13,18-19,25H,12H2,1-5H3/t18?,19-,22+/m0/s1. The van der Waals surface area contributed by atoms with Crippen molar-refractivity contribution in [2.45, 2.75) is 52.0 Å². The van der Waals surface area contributed by atoms with Gasteiger partial charge in [0.1, 0.15) is 11.3 Å². The number of fused-ring (bicyclic) bond motifs is 2. The summed E-state index contributed by atoms with van der Waals surface area (Å²) >= 11 is 0. The van der Waals surface area contributed by atoms with Crippen molar-refractivity contribution in [3.05, 3.63) is 47.5 Å². The van der Waals surface area contributed by atoms with Gasteiger partial charge in [0.2, 0.25) is 5.91 Å². The highest BCUT2D eigenvalue weighted by Crippen LogP contribution is 2.53. The molecule has 138 valence electrons. The molecule has 0 radical (unpaired) electrons. The Hall–Kier alpha value is -1.91. The van der Waals surface area contributed by atoms with Crippen molar-refractivity contribution in [3.8, 4) is 0 Å². The first kappa shape index (κ1) is 17.5. The van der Waals surface area contributed by atoms with Crippen LogP contribution in [0.2, 0.25) is 0 Å². The van der Waals surface area contributed by atoms with Gasteiger partial charge in [0.15, 0.2) is 0 Å². The van der Waals surface area contributed by atoms with Gasteiger partial charge < -0.3 is 14.7 Å². The van der Waals surface area contributed by atoms with Crippen LogP contribution in [0.1, 0.15) is 38.8 Å². The summed E-state index contributed by atoms with van der Waals surface area (Å²) in [6.07, 6.45) is 0. The fraction of sp³-hybridized carbons (Fsp3) is 0.500. The first-order valence-electron chi connectivity index (χ1n) is 9.38. The van der Waals surface area contributed by atoms with Crippen LogP contribution in [0.4, 0.5) is 0 Å². The average molecular weight is 353 g/mol. The highest BCUT2D eigenvalue weighted by molar-refractivity contribution is 5.92. The van der Waals surface area contributed by atoms with E-state index in [0.29, 0.717) is 6.61 Å². The summed E-state index contributed by atoms with van der Waals surface area (Å²) < 4.78 is 5.90. The summed E-state index contributed by atoms with van der Waals surface area (Å²) in [5, 5.41) is 14.2. The van der Waals surface area contributed by atoms with Crippen molar-refractivity contribution in [3.63, 3.8) is 0 Å². The lowest BCUT2D eigenvalue weighted by molar-refractivity contribution is -0.147. The zero-order valence-electron chi connectivity index (χ0n) is 16.1. The number of rotatable bonds is 2. The van der Waals surface area contributed by atoms with Gasteiger partial charge in [-0.25, -0.2) is 0 Å². The van der Waals surface area contributed by atoms with Crippen LogP contribution < -0.4 is 0 Å². The van der Waals surface area contributed by atoms with Crippen LogP contribution in [-0.4, -0.2) is 34.3 Å². The van der Waals surface area contributed by atoms with E-state index in [1.165, 1.54) is 5.56 Å². The van der Waals surface area contributed by atoms with Gasteiger partial charge in [-0.3, -0.25) is 4.79 Å². The molecule has 0 bridgehead atoms. The summed E-state index contributed by atoms with van der Waals surface area (Å²) in [4.78, 5) is 15.1. The van der Waals surface area contributed by atoms with Crippen LogP contribution in [0.3, 0.4) is 0 Å². The van der Waals surface area contributed by atoms with Gasteiger partial charge in [0, 0.05) is 0 Å². The highest BCUT2D eigenvalue weighted by Gasteiger charge is 2.66. The fourth-order valence-corrected chi connectivity index (χ4v) is 5.03. The van der Waals surface area contributed by atoms with Gasteiger partial charge in [-0.05, 0) is 48.6 Å². The molecule has 3 atom stereocenters. The maximum absolute atomic E-state index is 13.3.